The first kappa shape index (κ1) is 38.7. The number of anilines is 2. The zero-order valence-electron chi connectivity index (χ0n) is 29.1. The Morgan fingerprint density at radius 2 is 1.59 bits per heavy atom. The van der Waals surface area contributed by atoms with Gasteiger partial charge >= 0.3 is 12.4 Å². The summed E-state index contributed by atoms with van der Waals surface area (Å²) < 4.78 is 119. The first-order valence-corrected chi connectivity index (χ1v) is 18.5. The largest absolute Gasteiger partial charge is 0.490 e. The van der Waals surface area contributed by atoms with Gasteiger partial charge in [-0.1, -0.05) is 24.3 Å². The highest BCUT2D eigenvalue weighted by atomic mass is 32.2. The molecule has 1 fully saturated rings. The lowest BCUT2D eigenvalue weighted by atomic mass is 9.99. The van der Waals surface area contributed by atoms with Crippen molar-refractivity contribution in [3.8, 4) is 16.9 Å². The van der Waals surface area contributed by atoms with E-state index in [2.05, 4.69) is 20.6 Å². The van der Waals surface area contributed by atoms with Gasteiger partial charge in [0.25, 0.3) is 5.56 Å². The number of piperidine rings is 1. The number of halogens is 6. The summed E-state index contributed by atoms with van der Waals surface area (Å²) >= 11 is 0. The SMILES string of the molecule is CN(C)CCS(=O)(=O)c1ccc(-c2cc3cnc(Nc4ccc(OC5CCNCC5)cc4)nc3n(Cc3ccccc3C(F)(F)F)c2=O)c(C(F)(F)F)c1. The van der Waals surface area contributed by atoms with Crippen LogP contribution < -0.4 is 20.9 Å². The van der Waals surface area contributed by atoms with Crippen molar-refractivity contribution < 1.29 is 39.5 Å². The number of fused-ring (bicyclic) bond motifs is 1. The molecule has 0 unspecified atom stereocenters. The fourth-order valence-electron chi connectivity index (χ4n) is 6.12. The quantitative estimate of drug-likeness (QED) is 0.141. The summed E-state index contributed by atoms with van der Waals surface area (Å²) in [4.78, 5) is 23.9. The summed E-state index contributed by atoms with van der Waals surface area (Å²) in [5.41, 5.74) is -4.69. The van der Waals surface area contributed by atoms with Crippen LogP contribution in [0.3, 0.4) is 0 Å². The minimum absolute atomic E-state index is 0.0391. The molecule has 6 rings (SSSR count). The predicted molar refractivity (Wildman–Crippen MR) is 192 cm³/mol. The van der Waals surface area contributed by atoms with Gasteiger partial charge in [-0.2, -0.15) is 31.3 Å². The van der Waals surface area contributed by atoms with Gasteiger partial charge in [0.15, 0.2) is 9.84 Å². The van der Waals surface area contributed by atoms with Gasteiger partial charge in [0.05, 0.1) is 28.3 Å². The second kappa shape index (κ2) is 15.4. The highest BCUT2D eigenvalue weighted by molar-refractivity contribution is 7.91. The second-order valence-corrected chi connectivity index (χ2v) is 15.2. The van der Waals surface area contributed by atoms with E-state index in [1.807, 2.05) is 0 Å². The number of benzene rings is 3. The van der Waals surface area contributed by atoms with Gasteiger partial charge in [0.1, 0.15) is 17.5 Å². The lowest BCUT2D eigenvalue weighted by Crippen LogP contribution is -2.34. The van der Waals surface area contributed by atoms with Crippen molar-refractivity contribution in [2.75, 3.05) is 44.8 Å². The normalized spacial score (nSPS) is 14.5. The number of sulfone groups is 1. The Hall–Kier alpha value is -5.00. The van der Waals surface area contributed by atoms with Crippen molar-refractivity contribution >= 4 is 32.5 Å². The number of pyridine rings is 1. The zero-order chi connectivity index (χ0) is 38.8. The summed E-state index contributed by atoms with van der Waals surface area (Å²) in [7, 11) is -0.928. The molecule has 2 aromatic heterocycles. The Morgan fingerprint density at radius 1 is 0.907 bits per heavy atom. The molecule has 0 saturated carbocycles. The topological polar surface area (TPSA) is 118 Å². The maximum atomic E-state index is 14.6. The number of hydrogen-bond donors (Lipinski definition) is 2. The molecular weight excluding hydrogens is 739 g/mol. The maximum absolute atomic E-state index is 14.6. The van der Waals surface area contributed by atoms with Crippen molar-refractivity contribution in [2.45, 2.75) is 42.7 Å². The van der Waals surface area contributed by atoms with Crippen molar-refractivity contribution in [3.63, 3.8) is 0 Å². The van der Waals surface area contributed by atoms with Crippen molar-refractivity contribution in [2.24, 2.45) is 0 Å². The second-order valence-electron chi connectivity index (χ2n) is 13.1. The molecule has 5 aromatic rings. The van der Waals surface area contributed by atoms with E-state index >= 15 is 0 Å². The third-order valence-corrected chi connectivity index (χ3v) is 10.6. The summed E-state index contributed by atoms with van der Waals surface area (Å²) in [6.45, 7) is 1.05. The minimum atomic E-state index is -5.12. The third kappa shape index (κ3) is 8.85. The van der Waals surface area contributed by atoms with Crippen LogP contribution in [-0.2, 0) is 28.7 Å². The summed E-state index contributed by atoms with van der Waals surface area (Å²) in [5, 5.41) is 6.31. The van der Waals surface area contributed by atoms with Crippen LogP contribution in [-0.4, -0.2) is 73.4 Å². The Labute approximate surface area is 306 Å². The van der Waals surface area contributed by atoms with Gasteiger partial charge in [-0.3, -0.25) is 9.36 Å². The van der Waals surface area contributed by atoms with Gasteiger partial charge in [-0.15, -0.1) is 0 Å². The van der Waals surface area contributed by atoms with E-state index < -0.39 is 67.2 Å². The van der Waals surface area contributed by atoms with Crippen LogP contribution in [0.4, 0.5) is 38.0 Å². The standard InChI is InChI=1S/C37H36F6N6O4S/c1-48(2)17-18-54(51,52)28-11-12-29(32(20-28)37(41,42)43)30-19-24-21-45-35(46-25-7-9-26(10-8-25)53-27-13-15-44-16-14-27)47-33(24)49(34(30)50)22-23-5-3-4-6-31(23)36(38,39)40/h3-12,19-21,27,44H,13-18,22H2,1-2H3,(H,45,46,47). The summed E-state index contributed by atoms with van der Waals surface area (Å²) in [6, 6.07) is 14.9. The average Bonchev–Trinajstić information content (AvgIpc) is 3.12. The molecular formula is C37H36F6N6O4S. The van der Waals surface area contributed by atoms with E-state index in [1.165, 1.54) is 18.3 Å². The molecule has 0 spiro atoms. The molecule has 10 nitrogen and oxygen atoms in total. The smallest absolute Gasteiger partial charge is 0.417 e. The molecule has 1 saturated heterocycles. The Bertz CT molecular complexity index is 2310. The molecule has 0 atom stereocenters. The van der Waals surface area contributed by atoms with E-state index in [1.54, 1.807) is 43.3 Å². The van der Waals surface area contributed by atoms with E-state index in [4.69, 9.17) is 4.74 Å². The Kier molecular flexibility index (Phi) is 11.0. The summed E-state index contributed by atoms with van der Waals surface area (Å²) in [5.74, 6) is 0.152. The van der Waals surface area contributed by atoms with Crippen LogP contribution in [0.1, 0.15) is 29.5 Å². The molecule has 0 radical (unpaired) electrons. The van der Waals surface area contributed by atoms with Crippen LogP contribution >= 0.6 is 0 Å². The highest BCUT2D eigenvalue weighted by Gasteiger charge is 2.37. The molecule has 0 aliphatic carbocycles. The van der Waals surface area contributed by atoms with Gasteiger partial charge in [0, 0.05) is 29.4 Å². The van der Waals surface area contributed by atoms with Gasteiger partial charge < -0.3 is 20.3 Å². The van der Waals surface area contributed by atoms with Crippen LogP contribution in [0.2, 0.25) is 0 Å². The molecule has 3 heterocycles. The molecule has 3 aromatic carbocycles. The molecule has 1 aliphatic rings. The van der Waals surface area contributed by atoms with Crippen LogP contribution in [0.25, 0.3) is 22.2 Å². The molecule has 286 valence electrons. The third-order valence-electron chi connectivity index (χ3n) is 8.93. The monoisotopic (exact) mass is 774 g/mol. The number of hydrogen-bond acceptors (Lipinski definition) is 9. The number of alkyl halides is 6. The Morgan fingerprint density at radius 3 is 2.26 bits per heavy atom. The minimum Gasteiger partial charge on any atom is -0.490 e. The van der Waals surface area contributed by atoms with Crippen molar-refractivity contribution in [1.82, 2.24) is 24.8 Å². The lowest BCUT2D eigenvalue weighted by molar-refractivity contribution is -0.138. The van der Waals surface area contributed by atoms with Crippen molar-refractivity contribution in [1.29, 1.82) is 0 Å². The van der Waals surface area contributed by atoms with E-state index in [0.717, 1.165) is 60.8 Å². The van der Waals surface area contributed by atoms with Crippen LogP contribution in [0.5, 0.6) is 5.75 Å². The number of aromatic nitrogens is 3. The van der Waals surface area contributed by atoms with Gasteiger partial charge in [0.2, 0.25) is 5.95 Å². The molecule has 54 heavy (non-hydrogen) atoms. The fourth-order valence-corrected chi connectivity index (χ4v) is 7.54. The van der Waals surface area contributed by atoms with E-state index in [9.17, 15) is 39.6 Å². The predicted octanol–water partition coefficient (Wildman–Crippen LogP) is 6.75. The first-order valence-electron chi connectivity index (χ1n) is 16.9. The lowest BCUT2D eigenvalue weighted by Gasteiger charge is -2.23. The number of ether oxygens (including phenoxy) is 1. The first-order chi connectivity index (χ1) is 25.5. The van der Waals surface area contributed by atoms with Crippen LogP contribution in [0.15, 0.2) is 88.7 Å². The van der Waals surface area contributed by atoms with Gasteiger partial charge in [-0.25, -0.2) is 13.4 Å². The number of nitrogens with one attached hydrogen (secondary N) is 2. The Balaban J connectivity index is 1.45. The molecule has 2 N–H and O–H groups in total. The zero-order valence-corrected chi connectivity index (χ0v) is 29.9. The van der Waals surface area contributed by atoms with Gasteiger partial charge in [-0.05, 0) is 99.7 Å². The number of rotatable bonds is 11. The average molecular weight is 775 g/mol. The maximum Gasteiger partial charge on any atom is 0.417 e. The fraction of sp³-hybridized carbons (Fsp3) is 0.324. The molecule has 17 heteroatoms. The molecule has 1 aliphatic heterocycles. The van der Waals surface area contributed by atoms with Crippen LogP contribution in [0, 0.1) is 0 Å². The van der Waals surface area contributed by atoms with E-state index in [-0.39, 0.29) is 35.2 Å². The molecule has 0 bridgehead atoms. The highest BCUT2D eigenvalue weighted by Crippen LogP contribution is 2.39. The van der Waals surface area contributed by atoms with E-state index in [0.29, 0.717) is 17.5 Å². The summed E-state index contributed by atoms with van der Waals surface area (Å²) in [6.07, 6.45) is -6.88. The molecule has 0 amide bonds. The van der Waals surface area contributed by atoms with Crippen molar-refractivity contribution in [3.05, 3.63) is 106 Å². The number of nitrogens with zero attached hydrogens (tertiary/aromatic N) is 4.